The highest BCUT2D eigenvalue weighted by Gasteiger charge is 2.14. The standard InChI is InChI=1S/C16H29O4P/c1-4-5-6-7-8-9-10-11-12-21(19)13-15(17)20-16(18)14(2)3/h21H,2,4-13H2,1,3H3. The molecule has 4 nitrogen and oxygen atoms in total. The summed E-state index contributed by atoms with van der Waals surface area (Å²) in [6.07, 6.45) is 9.90. The quantitative estimate of drug-likeness (QED) is 0.177. The van der Waals surface area contributed by atoms with E-state index in [0.29, 0.717) is 6.16 Å². The lowest BCUT2D eigenvalue weighted by Crippen LogP contribution is -2.14. The number of esters is 2. The molecule has 122 valence electrons. The number of unbranched alkanes of at least 4 members (excludes halogenated alkanes) is 7. The predicted octanol–water partition coefficient (Wildman–Crippen LogP) is 4.33. The molecule has 1 unspecified atom stereocenters. The lowest BCUT2D eigenvalue weighted by Gasteiger charge is -2.04. The largest absolute Gasteiger partial charge is 0.389 e. The van der Waals surface area contributed by atoms with Crippen molar-refractivity contribution in [1.82, 2.24) is 0 Å². The summed E-state index contributed by atoms with van der Waals surface area (Å²) >= 11 is 0. The molecule has 0 aromatic rings. The summed E-state index contributed by atoms with van der Waals surface area (Å²) < 4.78 is 16.2. The Morgan fingerprint density at radius 2 is 1.52 bits per heavy atom. The summed E-state index contributed by atoms with van der Waals surface area (Å²) in [5.41, 5.74) is 0.172. The Morgan fingerprint density at radius 1 is 1.00 bits per heavy atom. The van der Waals surface area contributed by atoms with Crippen LogP contribution in [0.15, 0.2) is 12.2 Å². The van der Waals surface area contributed by atoms with Crippen molar-refractivity contribution in [3.05, 3.63) is 12.2 Å². The zero-order chi connectivity index (χ0) is 16.1. The average Bonchev–Trinajstić information content (AvgIpc) is 2.41. The van der Waals surface area contributed by atoms with Gasteiger partial charge in [-0.2, -0.15) is 0 Å². The summed E-state index contributed by atoms with van der Waals surface area (Å²) in [7, 11) is -1.97. The maximum absolute atomic E-state index is 11.7. The normalized spacial score (nSPS) is 11.9. The molecule has 0 rings (SSSR count). The minimum atomic E-state index is -1.97. The molecule has 0 aromatic heterocycles. The second kappa shape index (κ2) is 12.8. The highest BCUT2D eigenvalue weighted by molar-refractivity contribution is 7.45. The third kappa shape index (κ3) is 12.6. The van der Waals surface area contributed by atoms with Crippen LogP contribution in [0.3, 0.4) is 0 Å². The molecule has 0 heterocycles. The summed E-state index contributed by atoms with van der Waals surface area (Å²) in [5.74, 6) is -1.44. The number of carbonyl (C=O) groups excluding carboxylic acids is 2. The molecule has 1 atom stereocenters. The summed E-state index contributed by atoms with van der Waals surface area (Å²) in [5, 5.41) is 0. The van der Waals surface area contributed by atoms with E-state index in [0.717, 1.165) is 19.3 Å². The van der Waals surface area contributed by atoms with E-state index in [9.17, 15) is 14.2 Å². The number of hydrogen-bond acceptors (Lipinski definition) is 4. The van der Waals surface area contributed by atoms with Gasteiger partial charge in [-0.3, -0.25) is 4.79 Å². The van der Waals surface area contributed by atoms with Crippen LogP contribution in [0.1, 0.15) is 65.2 Å². The fourth-order valence-corrected chi connectivity index (χ4v) is 3.15. The van der Waals surface area contributed by atoms with Crippen LogP contribution in [0.5, 0.6) is 0 Å². The van der Waals surface area contributed by atoms with Crippen LogP contribution in [0.2, 0.25) is 0 Å². The van der Waals surface area contributed by atoms with Gasteiger partial charge in [-0.15, -0.1) is 0 Å². The van der Waals surface area contributed by atoms with Crippen LogP contribution in [0, 0.1) is 0 Å². The predicted molar refractivity (Wildman–Crippen MR) is 87.3 cm³/mol. The van der Waals surface area contributed by atoms with Gasteiger partial charge in [0, 0.05) is 5.57 Å². The fourth-order valence-electron chi connectivity index (χ4n) is 1.93. The fraction of sp³-hybridized carbons (Fsp3) is 0.750. The molecule has 0 N–H and O–H groups in total. The first-order chi connectivity index (χ1) is 9.97. The van der Waals surface area contributed by atoms with Gasteiger partial charge in [0.2, 0.25) is 0 Å². The van der Waals surface area contributed by atoms with Gasteiger partial charge < -0.3 is 9.30 Å². The SMILES string of the molecule is C=C(C)C(=O)OC(=O)C[PH](=O)CCCCCCCCCC. The number of ether oxygens (including phenoxy) is 1. The van der Waals surface area contributed by atoms with Crippen molar-refractivity contribution in [1.29, 1.82) is 0 Å². The number of rotatable bonds is 12. The Labute approximate surface area is 129 Å². The molecule has 0 aliphatic carbocycles. The third-order valence-corrected chi connectivity index (χ3v) is 4.80. The first kappa shape index (κ1) is 20.1. The Balaban J connectivity index is 3.56. The van der Waals surface area contributed by atoms with E-state index in [4.69, 9.17) is 0 Å². The topological polar surface area (TPSA) is 60.4 Å². The first-order valence-corrected chi connectivity index (χ1v) is 9.71. The molecular formula is C16H29O4P. The average molecular weight is 316 g/mol. The lowest BCUT2D eigenvalue weighted by molar-refractivity contribution is -0.154. The first-order valence-electron chi connectivity index (χ1n) is 7.89. The van der Waals surface area contributed by atoms with Gasteiger partial charge in [-0.1, -0.05) is 58.4 Å². The van der Waals surface area contributed by atoms with Gasteiger partial charge >= 0.3 is 11.9 Å². The maximum atomic E-state index is 11.7. The Hall–Kier alpha value is -0.890. The number of hydrogen-bond donors (Lipinski definition) is 0. The van der Waals surface area contributed by atoms with Crippen molar-refractivity contribution >= 4 is 19.7 Å². The molecule has 0 radical (unpaired) electrons. The van der Waals surface area contributed by atoms with Crippen molar-refractivity contribution in [2.75, 3.05) is 12.3 Å². The van der Waals surface area contributed by atoms with E-state index in [2.05, 4.69) is 18.2 Å². The van der Waals surface area contributed by atoms with Crippen molar-refractivity contribution in [3.63, 3.8) is 0 Å². The van der Waals surface area contributed by atoms with Gasteiger partial charge in [-0.25, -0.2) is 4.79 Å². The van der Waals surface area contributed by atoms with E-state index >= 15 is 0 Å². The number of carbonyl (C=O) groups is 2. The van der Waals surface area contributed by atoms with Crippen molar-refractivity contribution in [2.24, 2.45) is 0 Å². The molecule has 0 amide bonds. The molecular weight excluding hydrogens is 287 g/mol. The zero-order valence-electron chi connectivity index (χ0n) is 13.4. The van der Waals surface area contributed by atoms with Crippen molar-refractivity contribution < 1.29 is 18.9 Å². The highest BCUT2D eigenvalue weighted by Crippen LogP contribution is 2.23. The van der Waals surface area contributed by atoms with Gasteiger partial charge in [-0.05, 0) is 19.5 Å². The maximum Gasteiger partial charge on any atom is 0.340 e. The zero-order valence-corrected chi connectivity index (χ0v) is 14.4. The van der Waals surface area contributed by atoms with Gasteiger partial charge in [0.25, 0.3) is 0 Å². The molecule has 0 aromatic carbocycles. The van der Waals surface area contributed by atoms with E-state index in [-0.39, 0.29) is 11.7 Å². The minimum absolute atomic E-state index is 0.139. The van der Waals surface area contributed by atoms with Crippen LogP contribution in [0.4, 0.5) is 0 Å². The van der Waals surface area contributed by atoms with Crippen LogP contribution in [0.25, 0.3) is 0 Å². The van der Waals surface area contributed by atoms with Gasteiger partial charge in [0.05, 0.1) is 14.0 Å². The Morgan fingerprint density at radius 3 is 2.05 bits per heavy atom. The molecule has 21 heavy (non-hydrogen) atoms. The highest BCUT2D eigenvalue weighted by atomic mass is 31.1. The minimum Gasteiger partial charge on any atom is -0.389 e. The molecule has 0 fully saturated rings. The van der Waals surface area contributed by atoms with Crippen LogP contribution in [-0.4, -0.2) is 24.3 Å². The molecule has 0 aliphatic rings. The van der Waals surface area contributed by atoms with E-state index in [1.807, 2.05) is 0 Å². The summed E-state index contributed by atoms with van der Waals surface area (Å²) in [4.78, 5) is 22.5. The van der Waals surface area contributed by atoms with Crippen molar-refractivity contribution in [2.45, 2.75) is 65.2 Å². The molecule has 5 heteroatoms. The Kier molecular flexibility index (Phi) is 12.3. The molecule has 0 saturated carbocycles. The smallest absolute Gasteiger partial charge is 0.340 e. The van der Waals surface area contributed by atoms with E-state index < -0.39 is 19.7 Å². The monoisotopic (exact) mass is 316 g/mol. The summed E-state index contributed by atoms with van der Waals surface area (Å²) in [6.45, 7) is 7.06. The van der Waals surface area contributed by atoms with E-state index in [1.54, 1.807) is 0 Å². The van der Waals surface area contributed by atoms with Crippen LogP contribution in [-0.2, 0) is 18.9 Å². The van der Waals surface area contributed by atoms with E-state index in [1.165, 1.54) is 39.0 Å². The molecule has 0 saturated heterocycles. The van der Waals surface area contributed by atoms with Crippen molar-refractivity contribution in [3.8, 4) is 0 Å². The summed E-state index contributed by atoms with van der Waals surface area (Å²) in [6, 6.07) is 0. The Bertz CT molecular complexity index is 363. The molecule has 0 bridgehead atoms. The van der Waals surface area contributed by atoms with Gasteiger partial charge in [0.15, 0.2) is 0 Å². The van der Waals surface area contributed by atoms with Gasteiger partial charge in [0.1, 0.15) is 0 Å². The van der Waals surface area contributed by atoms with Crippen LogP contribution >= 0.6 is 7.80 Å². The second-order valence-corrected chi connectivity index (χ2v) is 7.41. The lowest BCUT2D eigenvalue weighted by atomic mass is 10.1. The molecule has 0 spiro atoms. The second-order valence-electron chi connectivity index (χ2n) is 5.48. The third-order valence-electron chi connectivity index (χ3n) is 3.21. The molecule has 0 aliphatic heterocycles. The van der Waals surface area contributed by atoms with Crippen LogP contribution < -0.4 is 0 Å².